The third kappa shape index (κ3) is 5.41. The van der Waals surface area contributed by atoms with Gasteiger partial charge in [0.25, 0.3) is 0 Å². The number of carboxylic acids is 1. The van der Waals surface area contributed by atoms with Crippen molar-refractivity contribution < 1.29 is 23.5 Å². The van der Waals surface area contributed by atoms with Gasteiger partial charge in [-0.2, -0.15) is 0 Å². The van der Waals surface area contributed by atoms with E-state index in [2.05, 4.69) is 5.32 Å². The van der Waals surface area contributed by atoms with Crippen LogP contribution in [0.3, 0.4) is 0 Å². The summed E-state index contributed by atoms with van der Waals surface area (Å²) in [5.74, 6) is -3.60. The molecule has 0 saturated heterocycles. The van der Waals surface area contributed by atoms with Gasteiger partial charge in [-0.1, -0.05) is 35.3 Å². The van der Waals surface area contributed by atoms with Crippen molar-refractivity contribution in [1.82, 2.24) is 5.32 Å². The van der Waals surface area contributed by atoms with Gasteiger partial charge in [-0.05, 0) is 29.3 Å². The molecule has 2 N–H and O–H groups in total. The Balaban J connectivity index is 2.07. The van der Waals surface area contributed by atoms with E-state index in [0.717, 1.165) is 12.1 Å². The number of halogens is 4. The molecule has 0 aliphatic heterocycles. The van der Waals surface area contributed by atoms with Crippen LogP contribution < -0.4 is 5.32 Å². The van der Waals surface area contributed by atoms with Crippen LogP contribution in [0.2, 0.25) is 10.0 Å². The first-order valence-electron chi connectivity index (χ1n) is 7.16. The summed E-state index contributed by atoms with van der Waals surface area (Å²) in [4.78, 5) is 23.4. The summed E-state index contributed by atoms with van der Waals surface area (Å²) in [5.41, 5.74) is 0.458. The Bertz CT molecular complexity index is 814. The first-order chi connectivity index (χ1) is 11.8. The third-order valence-electron chi connectivity index (χ3n) is 3.44. The molecule has 2 rings (SSSR count). The van der Waals surface area contributed by atoms with Gasteiger partial charge >= 0.3 is 5.97 Å². The van der Waals surface area contributed by atoms with Gasteiger partial charge in [0.15, 0.2) is 0 Å². The molecule has 4 nitrogen and oxygen atoms in total. The van der Waals surface area contributed by atoms with E-state index in [1.54, 1.807) is 12.1 Å². The molecule has 132 valence electrons. The molecule has 8 heteroatoms. The summed E-state index contributed by atoms with van der Waals surface area (Å²) in [6, 6.07) is 6.14. The van der Waals surface area contributed by atoms with Crippen molar-refractivity contribution in [2.45, 2.75) is 18.9 Å². The smallest absolute Gasteiger partial charge is 0.326 e. The second-order valence-corrected chi connectivity index (χ2v) is 6.15. The van der Waals surface area contributed by atoms with E-state index in [4.69, 9.17) is 23.2 Å². The van der Waals surface area contributed by atoms with Gasteiger partial charge in [0.05, 0.1) is 6.42 Å². The minimum Gasteiger partial charge on any atom is -0.480 e. The molecule has 0 radical (unpaired) electrons. The fraction of sp³-hybridized carbons (Fsp3) is 0.176. The van der Waals surface area contributed by atoms with E-state index in [-0.39, 0.29) is 17.0 Å². The van der Waals surface area contributed by atoms with Gasteiger partial charge in [-0.15, -0.1) is 0 Å². The number of carbonyl (C=O) groups is 2. The van der Waals surface area contributed by atoms with Crippen molar-refractivity contribution >= 4 is 35.1 Å². The average Bonchev–Trinajstić information content (AvgIpc) is 2.51. The summed E-state index contributed by atoms with van der Waals surface area (Å²) >= 11 is 11.8. The molecular weight excluding hydrogens is 375 g/mol. The Morgan fingerprint density at radius 3 is 2.36 bits per heavy atom. The Morgan fingerprint density at radius 1 is 1.08 bits per heavy atom. The minimum absolute atomic E-state index is 0.0347. The zero-order chi connectivity index (χ0) is 18.6. The third-order valence-corrected chi connectivity index (χ3v) is 4.03. The summed E-state index contributed by atoms with van der Waals surface area (Å²) in [5, 5.41) is 12.3. The SMILES string of the molecule is O=C(Cc1ccc(F)cc1F)N[C@@H](Cc1ccc(Cl)cc1Cl)C(=O)O. The molecule has 0 aromatic heterocycles. The number of benzene rings is 2. The van der Waals surface area contributed by atoms with Crippen molar-refractivity contribution in [3.63, 3.8) is 0 Å². The summed E-state index contributed by atoms with van der Waals surface area (Å²) < 4.78 is 26.4. The van der Waals surface area contributed by atoms with Gasteiger partial charge in [-0.25, -0.2) is 13.6 Å². The Morgan fingerprint density at radius 2 is 1.76 bits per heavy atom. The van der Waals surface area contributed by atoms with Gasteiger partial charge in [0.1, 0.15) is 17.7 Å². The lowest BCUT2D eigenvalue weighted by Gasteiger charge is -2.16. The standard InChI is InChI=1S/C17H13Cl2F2NO3/c18-11-3-1-9(13(19)7-11)5-15(17(24)25)22-16(23)6-10-2-4-12(20)8-14(10)21/h1-4,7-8,15H,5-6H2,(H,22,23)(H,24,25)/t15-/m0/s1. The minimum atomic E-state index is -1.26. The highest BCUT2D eigenvalue weighted by Gasteiger charge is 2.22. The molecule has 1 amide bonds. The second-order valence-electron chi connectivity index (χ2n) is 5.31. The molecule has 1 atom stereocenters. The molecule has 0 aliphatic rings. The maximum atomic E-state index is 13.6. The van der Waals surface area contributed by atoms with E-state index < -0.39 is 36.0 Å². The first kappa shape index (κ1) is 19.1. The molecule has 2 aromatic rings. The number of aliphatic carboxylic acids is 1. The van der Waals surface area contributed by atoms with Crippen LogP contribution in [-0.2, 0) is 22.4 Å². The Labute approximate surface area is 152 Å². The summed E-state index contributed by atoms with van der Waals surface area (Å²) in [7, 11) is 0. The Kier molecular flexibility index (Phi) is 6.33. The topological polar surface area (TPSA) is 66.4 Å². The van der Waals surface area contributed by atoms with Gasteiger partial charge in [0, 0.05) is 22.5 Å². The highest BCUT2D eigenvalue weighted by molar-refractivity contribution is 6.35. The van der Waals surface area contributed by atoms with Crippen LogP contribution in [0.4, 0.5) is 8.78 Å². The maximum Gasteiger partial charge on any atom is 0.326 e. The predicted molar refractivity (Wildman–Crippen MR) is 89.8 cm³/mol. The quantitative estimate of drug-likeness (QED) is 0.795. The van der Waals surface area contributed by atoms with E-state index in [9.17, 15) is 23.5 Å². The van der Waals surface area contributed by atoms with E-state index in [1.165, 1.54) is 6.07 Å². The van der Waals surface area contributed by atoms with Crippen molar-refractivity contribution in [2.24, 2.45) is 0 Å². The van der Waals surface area contributed by atoms with Crippen molar-refractivity contribution in [3.8, 4) is 0 Å². The monoisotopic (exact) mass is 387 g/mol. The molecule has 0 aliphatic carbocycles. The fourth-order valence-electron chi connectivity index (χ4n) is 2.19. The van der Waals surface area contributed by atoms with Crippen LogP contribution in [-0.4, -0.2) is 23.0 Å². The normalized spacial score (nSPS) is 11.8. The molecular formula is C17H13Cl2F2NO3. The lowest BCUT2D eigenvalue weighted by atomic mass is 10.0. The molecule has 25 heavy (non-hydrogen) atoms. The lowest BCUT2D eigenvalue weighted by Crippen LogP contribution is -2.43. The van der Waals surface area contributed by atoms with E-state index in [0.29, 0.717) is 16.7 Å². The average molecular weight is 388 g/mol. The molecule has 0 spiro atoms. The van der Waals surface area contributed by atoms with Gasteiger partial charge in [0.2, 0.25) is 5.91 Å². The largest absolute Gasteiger partial charge is 0.480 e. The molecule has 2 aromatic carbocycles. The second kappa shape index (κ2) is 8.27. The van der Waals surface area contributed by atoms with Crippen LogP contribution in [0.25, 0.3) is 0 Å². The number of carbonyl (C=O) groups excluding carboxylic acids is 1. The summed E-state index contributed by atoms with van der Waals surface area (Å²) in [6.07, 6.45) is -0.479. The molecule has 0 heterocycles. The Hall–Kier alpha value is -2.18. The zero-order valence-electron chi connectivity index (χ0n) is 12.7. The van der Waals surface area contributed by atoms with Crippen LogP contribution in [0, 0.1) is 11.6 Å². The van der Waals surface area contributed by atoms with E-state index in [1.807, 2.05) is 0 Å². The fourth-order valence-corrected chi connectivity index (χ4v) is 2.68. The van der Waals surface area contributed by atoms with Crippen molar-refractivity contribution in [3.05, 3.63) is 69.2 Å². The molecule has 0 fully saturated rings. The van der Waals surface area contributed by atoms with Crippen LogP contribution in [0.15, 0.2) is 36.4 Å². The number of nitrogens with one attached hydrogen (secondary N) is 1. The molecule has 0 unspecified atom stereocenters. The zero-order valence-corrected chi connectivity index (χ0v) is 14.2. The van der Waals surface area contributed by atoms with Gasteiger partial charge in [-0.3, -0.25) is 4.79 Å². The predicted octanol–water partition coefficient (Wildman–Crippen LogP) is 3.63. The highest BCUT2D eigenvalue weighted by Crippen LogP contribution is 2.22. The van der Waals surface area contributed by atoms with Crippen molar-refractivity contribution in [1.29, 1.82) is 0 Å². The van der Waals surface area contributed by atoms with Crippen LogP contribution in [0.5, 0.6) is 0 Å². The molecule has 0 bridgehead atoms. The van der Waals surface area contributed by atoms with E-state index >= 15 is 0 Å². The van der Waals surface area contributed by atoms with Crippen LogP contribution >= 0.6 is 23.2 Å². The number of carboxylic acid groups (broad SMARTS) is 1. The number of hydrogen-bond donors (Lipinski definition) is 2. The lowest BCUT2D eigenvalue weighted by molar-refractivity contribution is -0.141. The van der Waals surface area contributed by atoms with Crippen LogP contribution in [0.1, 0.15) is 11.1 Å². The molecule has 0 saturated carbocycles. The van der Waals surface area contributed by atoms with Gasteiger partial charge < -0.3 is 10.4 Å². The highest BCUT2D eigenvalue weighted by atomic mass is 35.5. The number of rotatable bonds is 6. The van der Waals surface area contributed by atoms with Crippen molar-refractivity contribution in [2.75, 3.05) is 0 Å². The number of amides is 1. The first-order valence-corrected chi connectivity index (χ1v) is 7.92. The summed E-state index contributed by atoms with van der Waals surface area (Å²) in [6.45, 7) is 0. The maximum absolute atomic E-state index is 13.6. The number of hydrogen-bond acceptors (Lipinski definition) is 2.